The summed E-state index contributed by atoms with van der Waals surface area (Å²) in [6, 6.07) is 20.2. The topological polar surface area (TPSA) is 86.8 Å². The Labute approximate surface area is 240 Å². The lowest BCUT2D eigenvalue weighted by atomic mass is 10.0. The van der Waals surface area contributed by atoms with Gasteiger partial charge in [0.15, 0.2) is 0 Å². The highest BCUT2D eigenvalue weighted by Gasteiger charge is 2.33. The lowest BCUT2D eigenvalue weighted by Crippen LogP contribution is -2.54. The molecule has 10 heteroatoms. The second-order valence-electron chi connectivity index (χ2n) is 9.67. The number of hydrogen-bond donors (Lipinski definition) is 1. The average Bonchev–Trinajstić information content (AvgIpc) is 2.86. The molecule has 0 aromatic heterocycles. The molecule has 0 heterocycles. The van der Waals surface area contributed by atoms with E-state index in [9.17, 15) is 18.0 Å². The summed E-state index contributed by atoms with van der Waals surface area (Å²) in [5.74, 6) is -0.881. The van der Waals surface area contributed by atoms with E-state index >= 15 is 0 Å². The first-order valence-corrected chi connectivity index (χ1v) is 15.1. The molecule has 0 spiro atoms. The van der Waals surface area contributed by atoms with E-state index in [1.165, 1.54) is 4.90 Å². The summed E-state index contributed by atoms with van der Waals surface area (Å²) in [5, 5.41) is 3.78. The van der Waals surface area contributed by atoms with E-state index < -0.39 is 28.5 Å². The molecule has 0 aliphatic carbocycles. The minimum Gasteiger partial charge on any atom is -0.352 e. The van der Waals surface area contributed by atoms with Crippen molar-refractivity contribution >= 4 is 50.7 Å². The maximum absolute atomic E-state index is 14.1. The molecule has 3 aromatic rings. The number of halogens is 2. The van der Waals surface area contributed by atoms with Crippen LogP contribution in [-0.2, 0) is 32.6 Å². The van der Waals surface area contributed by atoms with E-state index in [-0.39, 0.29) is 24.9 Å². The Bertz CT molecular complexity index is 1420. The number of nitrogens with zero attached hydrogens (tertiary/aromatic N) is 2. The number of rotatable bonds is 11. The van der Waals surface area contributed by atoms with Gasteiger partial charge >= 0.3 is 0 Å². The highest BCUT2D eigenvalue weighted by atomic mass is 35.5. The van der Waals surface area contributed by atoms with Crippen molar-refractivity contribution in [3.63, 3.8) is 0 Å². The van der Waals surface area contributed by atoms with Gasteiger partial charge in [0.2, 0.25) is 21.8 Å². The Hall–Kier alpha value is -3.07. The van der Waals surface area contributed by atoms with Gasteiger partial charge in [0.25, 0.3) is 0 Å². The van der Waals surface area contributed by atoms with Crippen LogP contribution in [0.25, 0.3) is 0 Å². The number of carbonyl (C=O) groups is 2. The van der Waals surface area contributed by atoms with E-state index in [0.29, 0.717) is 26.9 Å². The predicted octanol–water partition coefficient (Wildman–Crippen LogP) is 5.23. The van der Waals surface area contributed by atoms with E-state index in [4.69, 9.17) is 23.2 Å². The highest BCUT2D eigenvalue weighted by molar-refractivity contribution is 7.92. The number of amides is 2. The van der Waals surface area contributed by atoms with Gasteiger partial charge in [0.1, 0.15) is 12.6 Å². The zero-order chi connectivity index (χ0) is 28.7. The lowest BCUT2D eigenvalue weighted by Gasteiger charge is -2.34. The third kappa shape index (κ3) is 8.46. The van der Waals surface area contributed by atoms with E-state index in [2.05, 4.69) is 5.32 Å². The third-order valence-corrected chi connectivity index (χ3v) is 7.90. The molecule has 3 rings (SSSR count). The van der Waals surface area contributed by atoms with Crippen molar-refractivity contribution in [3.8, 4) is 0 Å². The Morgan fingerprint density at radius 1 is 0.923 bits per heavy atom. The van der Waals surface area contributed by atoms with E-state index in [1.807, 2.05) is 50.2 Å². The van der Waals surface area contributed by atoms with Crippen LogP contribution in [-0.4, -0.2) is 50.0 Å². The molecule has 1 N–H and O–H groups in total. The van der Waals surface area contributed by atoms with Crippen LogP contribution in [0.3, 0.4) is 0 Å². The van der Waals surface area contributed by atoms with Crippen molar-refractivity contribution in [3.05, 3.63) is 99.5 Å². The van der Waals surface area contributed by atoms with Crippen molar-refractivity contribution in [2.45, 2.75) is 45.8 Å². The predicted molar refractivity (Wildman–Crippen MR) is 158 cm³/mol. The Kier molecular flexibility index (Phi) is 10.4. The van der Waals surface area contributed by atoms with Gasteiger partial charge in [-0.25, -0.2) is 8.42 Å². The second kappa shape index (κ2) is 13.3. The molecule has 0 saturated heterocycles. The largest absolute Gasteiger partial charge is 0.352 e. The van der Waals surface area contributed by atoms with Crippen LogP contribution in [0, 0.1) is 6.92 Å². The molecule has 39 heavy (non-hydrogen) atoms. The van der Waals surface area contributed by atoms with Crippen molar-refractivity contribution in [1.29, 1.82) is 0 Å². The number of nitrogens with one attached hydrogen (secondary N) is 1. The minimum atomic E-state index is -3.88. The van der Waals surface area contributed by atoms with Gasteiger partial charge in [-0.2, -0.15) is 0 Å². The Morgan fingerprint density at radius 3 is 2.18 bits per heavy atom. The first kappa shape index (κ1) is 30.5. The van der Waals surface area contributed by atoms with Crippen LogP contribution >= 0.6 is 23.2 Å². The smallest absolute Gasteiger partial charge is 0.244 e. The normalized spacial score (nSPS) is 12.2. The summed E-state index contributed by atoms with van der Waals surface area (Å²) in [7, 11) is -3.88. The molecule has 208 valence electrons. The quantitative estimate of drug-likeness (QED) is 0.331. The van der Waals surface area contributed by atoms with Gasteiger partial charge in [-0.05, 0) is 61.7 Å². The van der Waals surface area contributed by atoms with Crippen LogP contribution in [0.2, 0.25) is 10.0 Å². The van der Waals surface area contributed by atoms with Crippen molar-refractivity contribution in [2.24, 2.45) is 0 Å². The van der Waals surface area contributed by atoms with Crippen molar-refractivity contribution in [1.82, 2.24) is 10.2 Å². The molecule has 0 unspecified atom stereocenters. The number of hydrogen-bond acceptors (Lipinski definition) is 4. The fraction of sp³-hybridized carbons (Fsp3) is 0.310. The zero-order valence-corrected chi connectivity index (χ0v) is 24.7. The van der Waals surface area contributed by atoms with Gasteiger partial charge in [-0.3, -0.25) is 13.9 Å². The van der Waals surface area contributed by atoms with Crippen LogP contribution in [0.15, 0.2) is 72.8 Å². The Morgan fingerprint density at radius 2 is 1.56 bits per heavy atom. The molecule has 0 bridgehead atoms. The van der Waals surface area contributed by atoms with Crippen LogP contribution in [0.1, 0.15) is 30.5 Å². The summed E-state index contributed by atoms with van der Waals surface area (Å²) in [5.41, 5.74) is 2.39. The van der Waals surface area contributed by atoms with Crippen LogP contribution in [0.5, 0.6) is 0 Å². The third-order valence-electron chi connectivity index (χ3n) is 6.13. The Balaban J connectivity index is 2.08. The lowest BCUT2D eigenvalue weighted by molar-refractivity contribution is -0.140. The molecule has 1 atom stereocenters. The fourth-order valence-electron chi connectivity index (χ4n) is 4.23. The van der Waals surface area contributed by atoms with Gasteiger partial charge in [0.05, 0.1) is 11.9 Å². The molecule has 0 fully saturated rings. The van der Waals surface area contributed by atoms with Gasteiger partial charge in [-0.15, -0.1) is 0 Å². The number of sulfonamides is 1. The minimum absolute atomic E-state index is 0.0501. The molecule has 0 saturated carbocycles. The number of anilines is 1. The van der Waals surface area contributed by atoms with E-state index in [1.54, 1.807) is 43.3 Å². The molecule has 7 nitrogen and oxygen atoms in total. The monoisotopic (exact) mass is 589 g/mol. The van der Waals surface area contributed by atoms with Crippen molar-refractivity contribution < 1.29 is 18.0 Å². The van der Waals surface area contributed by atoms with Gasteiger partial charge in [-0.1, -0.05) is 71.7 Å². The molecule has 2 amide bonds. The number of benzene rings is 3. The molecule has 3 aromatic carbocycles. The summed E-state index contributed by atoms with van der Waals surface area (Å²) < 4.78 is 26.9. The second-order valence-corrected chi connectivity index (χ2v) is 12.4. The highest BCUT2D eigenvalue weighted by Crippen LogP contribution is 2.29. The van der Waals surface area contributed by atoms with Gasteiger partial charge in [0, 0.05) is 29.1 Å². The first-order chi connectivity index (χ1) is 18.4. The number of carbonyl (C=O) groups excluding carboxylic acids is 2. The van der Waals surface area contributed by atoms with Crippen LogP contribution in [0.4, 0.5) is 5.69 Å². The fourth-order valence-corrected chi connectivity index (χ4v) is 5.51. The average molecular weight is 591 g/mol. The molecular weight excluding hydrogens is 557 g/mol. The first-order valence-electron chi connectivity index (χ1n) is 12.5. The van der Waals surface area contributed by atoms with Crippen LogP contribution < -0.4 is 9.62 Å². The maximum Gasteiger partial charge on any atom is 0.244 e. The van der Waals surface area contributed by atoms with Gasteiger partial charge < -0.3 is 10.2 Å². The summed E-state index contributed by atoms with van der Waals surface area (Å²) in [4.78, 5) is 29.0. The molecule has 0 radical (unpaired) electrons. The summed E-state index contributed by atoms with van der Waals surface area (Å²) in [6.07, 6.45) is 1.27. The molecular formula is C29H33Cl2N3O4S. The van der Waals surface area contributed by atoms with E-state index in [0.717, 1.165) is 16.1 Å². The van der Waals surface area contributed by atoms with Crippen molar-refractivity contribution in [2.75, 3.05) is 17.1 Å². The summed E-state index contributed by atoms with van der Waals surface area (Å²) in [6.45, 7) is 4.91. The SMILES string of the molecule is Cc1c(Cl)cccc1N(CC(=O)N(Cc1cccc(Cl)c1)[C@H](Cc1ccccc1)C(=O)NC(C)C)S(C)(=O)=O. The standard InChI is InChI=1S/C29H33Cl2N3O4S/c1-20(2)32-29(36)27(17-22-10-6-5-7-11-22)33(18-23-12-8-13-24(30)16-23)28(35)19-34(39(4,37)38)26-15-9-14-25(31)21(26)3/h5-16,20,27H,17-19H2,1-4H3,(H,32,36)/t27-/m1/s1. The molecule has 0 aliphatic rings. The molecule has 0 aliphatic heterocycles. The summed E-state index contributed by atoms with van der Waals surface area (Å²) >= 11 is 12.5. The maximum atomic E-state index is 14.1. The zero-order valence-electron chi connectivity index (χ0n) is 22.4.